The summed E-state index contributed by atoms with van der Waals surface area (Å²) in [5.41, 5.74) is 1.01. The molecule has 1 aromatic carbocycles. The van der Waals surface area contributed by atoms with Gasteiger partial charge in [-0.3, -0.25) is 4.79 Å². The predicted octanol–water partition coefficient (Wildman–Crippen LogP) is 3.33. The Morgan fingerprint density at radius 2 is 2.22 bits per heavy atom. The molecule has 1 N–H and O–H groups in total. The first-order valence-electron chi connectivity index (χ1n) is 6.29. The molecule has 1 aromatic rings. The van der Waals surface area contributed by atoms with Gasteiger partial charge >= 0.3 is 0 Å². The Balaban J connectivity index is 2.23. The number of hydrogen-bond donors (Lipinski definition) is 1. The van der Waals surface area contributed by atoms with E-state index < -0.39 is 0 Å². The van der Waals surface area contributed by atoms with Crippen LogP contribution in [-0.4, -0.2) is 19.1 Å². The summed E-state index contributed by atoms with van der Waals surface area (Å²) in [6, 6.07) is 5.53. The van der Waals surface area contributed by atoms with Crippen LogP contribution < -0.4 is 10.1 Å². The Labute approximate surface area is 113 Å². The van der Waals surface area contributed by atoms with Crippen LogP contribution in [-0.2, 0) is 4.79 Å². The zero-order chi connectivity index (χ0) is 13.4. The molecule has 0 aromatic heterocycles. The SMILES string of the molecule is CCCNC(=O)CCCOc1ccc(Cl)cc1C. The summed E-state index contributed by atoms with van der Waals surface area (Å²) in [4.78, 5) is 11.3. The second kappa shape index (κ2) is 7.98. The molecule has 0 heterocycles. The first kappa shape index (κ1) is 14.8. The third kappa shape index (κ3) is 5.41. The largest absolute Gasteiger partial charge is 0.493 e. The zero-order valence-electron chi connectivity index (χ0n) is 11.0. The Bertz CT molecular complexity index is 393. The van der Waals surface area contributed by atoms with Gasteiger partial charge in [0.25, 0.3) is 0 Å². The van der Waals surface area contributed by atoms with E-state index in [4.69, 9.17) is 16.3 Å². The maximum absolute atomic E-state index is 11.3. The first-order valence-corrected chi connectivity index (χ1v) is 6.67. The van der Waals surface area contributed by atoms with Gasteiger partial charge in [-0.15, -0.1) is 0 Å². The van der Waals surface area contributed by atoms with E-state index in [2.05, 4.69) is 5.32 Å². The van der Waals surface area contributed by atoms with Crippen LogP contribution in [0.15, 0.2) is 18.2 Å². The van der Waals surface area contributed by atoms with E-state index in [0.717, 1.165) is 30.7 Å². The lowest BCUT2D eigenvalue weighted by Crippen LogP contribution is -2.24. The van der Waals surface area contributed by atoms with E-state index in [9.17, 15) is 4.79 Å². The predicted molar refractivity (Wildman–Crippen MR) is 74.2 cm³/mol. The van der Waals surface area contributed by atoms with E-state index in [1.165, 1.54) is 0 Å². The summed E-state index contributed by atoms with van der Waals surface area (Å²) in [6.45, 7) is 5.28. The number of amides is 1. The first-order chi connectivity index (χ1) is 8.63. The molecule has 18 heavy (non-hydrogen) atoms. The molecule has 1 amide bonds. The van der Waals surface area contributed by atoms with Gasteiger partial charge in [0.1, 0.15) is 5.75 Å². The van der Waals surface area contributed by atoms with Gasteiger partial charge in [0, 0.05) is 18.0 Å². The fraction of sp³-hybridized carbons (Fsp3) is 0.500. The van der Waals surface area contributed by atoms with Crippen molar-refractivity contribution >= 4 is 17.5 Å². The smallest absolute Gasteiger partial charge is 0.220 e. The highest BCUT2D eigenvalue weighted by Gasteiger charge is 2.02. The minimum atomic E-state index is 0.0910. The Morgan fingerprint density at radius 3 is 2.89 bits per heavy atom. The number of rotatable bonds is 7. The molecule has 4 heteroatoms. The Morgan fingerprint density at radius 1 is 1.44 bits per heavy atom. The second-order valence-corrected chi connectivity index (χ2v) is 4.65. The number of nitrogens with one attached hydrogen (secondary N) is 1. The van der Waals surface area contributed by atoms with Gasteiger partial charge in [0.15, 0.2) is 0 Å². The van der Waals surface area contributed by atoms with Gasteiger partial charge in [0.2, 0.25) is 5.91 Å². The average Bonchev–Trinajstić information content (AvgIpc) is 2.34. The fourth-order valence-electron chi connectivity index (χ4n) is 1.54. The van der Waals surface area contributed by atoms with Gasteiger partial charge in [-0.05, 0) is 43.5 Å². The van der Waals surface area contributed by atoms with Crippen molar-refractivity contribution in [3.63, 3.8) is 0 Å². The number of ether oxygens (including phenoxy) is 1. The minimum absolute atomic E-state index is 0.0910. The maximum Gasteiger partial charge on any atom is 0.220 e. The highest BCUT2D eigenvalue weighted by atomic mass is 35.5. The number of hydrogen-bond acceptors (Lipinski definition) is 2. The second-order valence-electron chi connectivity index (χ2n) is 4.21. The van der Waals surface area contributed by atoms with Crippen molar-refractivity contribution in [3.8, 4) is 5.75 Å². The highest BCUT2D eigenvalue weighted by Crippen LogP contribution is 2.21. The molecule has 0 radical (unpaired) electrons. The maximum atomic E-state index is 11.3. The molecule has 0 fully saturated rings. The molecule has 0 saturated carbocycles. The molecular formula is C14H20ClNO2. The topological polar surface area (TPSA) is 38.3 Å². The molecule has 1 rings (SSSR count). The lowest BCUT2D eigenvalue weighted by molar-refractivity contribution is -0.121. The van der Waals surface area contributed by atoms with E-state index in [1.807, 2.05) is 26.0 Å². The van der Waals surface area contributed by atoms with Crippen molar-refractivity contribution in [1.82, 2.24) is 5.32 Å². The molecule has 100 valence electrons. The van der Waals surface area contributed by atoms with E-state index in [1.54, 1.807) is 6.07 Å². The van der Waals surface area contributed by atoms with Crippen molar-refractivity contribution in [2.24, 2.45) is 0 Å². The number of benzene rings is 1. The van der Waals surface area contributed by atoms with Crippen molar-refractivity contribution in [2.45, 2.75) is 33.1 Å². The fourth-order valence-corrected chi connectivity index (χ4v) is 1.77. The highest BCUT2D eigenvalue weighted by molar-refractivity contribution is 6.30. The van der Waals surface area contributed by atoms with Crippen LogP contribution in [0.1, 0.15) is 31.7 Å². The van der Waals surface area contributed by atoms with Crippen LogP contribution in [0.2, 0.25) is 5.02 Å². The summed E-state index contributed by atoms with van der Waals surface area (Å²) in [5, 5.41) is 3.55. The van der Waals surface area contributed by atoms with Crippen molar-refractivity contribution in [1.29, 1.82) is 0 Å². The summed E-state index contributed by atoms with van der Waals surface area (Å²) in [6.07, 6.45) is 2.19. The third-order valence-corrected chi connectivity index (χ3v) is 2.75. The molecule has 0 unspecified atom stereocenters. The van der Waals surface area contributed by atoms with E-state index in [0.29, 0.717) is 18.1 Å². The molecule has 0 bridgehead atoms. The molecule has 0 atom stereocenters. The Kier molecular flexibility index (Phi) is 6.58. The van der Waals surface area contributed by atoms with Crippen LogP contribution >= 0.6 is 11.6 Å². The van der Waals surface area contributed by atoms with E-state index in [-0.39, 0.29) is 5.91 Å². The number of carbonyl (C=O) groups is 1. The van der Waals surface area contributed by atoms with E-state index >= 15 is 0 Å². The van der Waals surface area contributed by atoms with Crippen molar-refractivity contribution < 1.29 is 9.53 Å². The third-order valence-electron chi connectivity index (χ3n) is 2.51. The quantitative estimate of drug-likeness (QED) is 0.771. The van der Waals surface area contributed by atoms with Gasteiger partial charge in [0.05, 0.1) is 6.61 Å². The average molecular weight is 270 g/mol. The monoisotopic (exact) mass is 269 g/mol. The van der Waals surface area contributed by atoms with Gasteiger partial charge in [-0.1, -0.05) is 18.5 Å². The minimum Gasteiger partial charge on any atom is -0.493 e. The van der Waals surface area contributed by atoms with Crippen LogP contribution in [0.5, 0.6) is 5.75 Å². The molecule has 0 saturated heterocycles. The van der Waals surface area contributed by atoms with Gasteiger partial charge in [-0.25, -0.2) is 0 Å². The lowest BCUT2D eigenvalue weighted by atomic mass is 10.2. The van der Waals surface area contributed by atoms with Gasteiger partial charge < -0.3 is 10.1 Å². The number of halogens is 1. The summed E-state index contributed by atoms with van der Waals surface area (Å²) >= 11 is 5.86. The molecule has 0 aliphatic heterocycles. The van der Waals surface area contributed by atoms with Gasteiger partial charge in [-0.2, -0.15) is 0 Å². The summed E-state index contributed by atoms with van der Waals surface area (Å²) < 4.78 is 5.61. The summed E-state index contributed by atoms with van der Waals surface area (Å²) in [5.74, 6) is 0.918. The lowest BCUT2D eigenvalue weighted by Gasteiger charge is -2.09. The number of carbonyl (C=O) groups excluding carboxylic acids is 1. The Hall–Kier alpha value is -1.22. The van der Waals surface area contributed by atoms with Crippen LogP contribution in [0.4, 0.5) is 0 Å². The van der Waals surface area contributed by atoms with Crippen molar-refractivity contribution in [3.05, 3.63) is 28.8 Å². The number of aryl methyl sites for hydroxylation is 1. The van der Waals surface area contributed by atoms with Crippen molar-refractivity contribution in [2.75, 3.05) is 13.2 Å². The summed E-state index contributed by atoms with van der Waals surface area (Å²) in [7, 11) is 0. The molecular weight excluding hydrogens is 250 g/mol. The molecule has 0 aliphatic carbocycles. The molecule has 3 nitrogen and oxygen atoms in total. The standard InChI is InChI=1S/C14H20ClNO2/c1-3-8-16-14(17)5-4-9-18-13-7-6-12(15)10-11(13)2/h6-7,10H,3-5,8-9H2,1-2H3,(H,16,17). The molecule has 0 spiro atoms. The van der Waals surface area contributed by atoms with Crippen LogP contribution in [0, 0.1) is 6.92 Å². The zero-order valence-corrected chi connectivity index (χ0v) is 11.7. The normalized spacial score (nSPS) is 10.2. The molecule has 0 aliphatic rings. The van der Waals surface area contributed by atoms with Crippen LogP contribution in [0.25, 0.3) is 0 Å². The van der Waals surface area contributed by atoms with Crippen LogP contribution in [0.3, 0.4) is 0 Å².